The van der Waals surface area contributed by atoms with E-state index >= 15 is 0 Å². The van der Waals surface area contributed by atoms with Gasteiger partial charge in [-0.05, 0) is 51.2 Å². The molecule has 3 aliphatic rings. The first kappa shape index (κ1) is 11.5. The molecule has 11 heavy (non-hydrogen) atoms. The van der Waals surface area contributed by atoms with Crippen LogP contribution in [0.2, 0.25) is 0 Å². The maximum absolute atomic E-state index is 2.61. The molecule has 0 saturated carbocycles. The molecule has 0 aromatic carbocycles. The Balaban J connectivity index is 0.000000500. The van der Waals surface area contributed by atoms with Crippen LogP contribution in [0, 0.1) is 5.92 Å². The van der Waals surface area contributed by atoms with Crippen molar-refractivity contribution in [3.05, 3.63) is 0 Å². The van der Waals surface area contributed by atoms with E-state index in [4.69, 9.17) is 0 Å². The van der Waals surface area contributed by atoms with Gasteiger partial charge in [-0.2, -0.15) is 0 Å². The van der Waals surface area contributed by atoms with E-state index in [0.717, 1.165) is 5.92 Å². The molecule has 3 heterocycles. The predicted octanol–water partition coefficient (Wildman–Crippen LogP) is 2.34. The molecule has 0 aliphatic carbocycles. The Kier molecular flexibility index (Phi) is 5.49. The van der Waals surface area contributed by atoms with Crippen LogP contribution in [0.15, 0.2) is 0 Å². The van der Waals surface area contributed by atoms with Gasteiger partial charge in [-0.15, -0.1) is 24.8 Å². The molecule has 3 heteroatoms. The van der Waals surface area contributed by atoms with Crippen molar-refractivity contribution < 1.29 is 0 Å². The average Bonchev–Trinajstić information content (AvgIpc) is 2.21. The molecule has 68 valence electrons. The number of halogens is 2. The highest BCUT2D eigenvalue weighted by Crippen LogP contribution is 2.25. The fourth-order valence-electron chi connectivity index (χ4n) is 2.10. The molecular weight excluding hydrogens is 181 g/mol. The maximum atomic E-state index is 2.61. The molecule has 3 saturated heterocycles. The molecule has 0 amide bonds. The molecule has 3 fully saturated rings. The van der Waals surface area contributed by atoms with Gasteiger partial charge < -0.3 is 4.90 Å². The van der Waals surface area contributed by atoms with Gasteiger partial charge in [-0.1, -0.05) is 0 Å². The summed E-state index contributed by atoms with van der Waals surface area (Å²) >= 11 is 0. The topological polar surface area (TPSA) is 3.24 Å². The average molecular weight is 198 g/mol. The number of nitrogens with zero attached hydrogens (tertiary/aromatic N) is 1. The minimum atomic E-state index is 0. The van der Waals surface area contributed by atoms with Crippen molar-refractivity contribution >= 4 is 24.8 Å². The Morgan fingerprint density at radius 3 is 2.09 bits per heavy atom. The van der Waals surface area contributed by atoms with E-state index in [1.54, 1.807) is 0 Å². The Morgan fingerprint density at radius 2 is 1.45 bits per heavy atom. The van der Waals surface area contributed by atoms with Gasteiger partial charge in [0.1, 0.15) is 0 Å². The van der Waals surface area contributed by atoms with Gasteiger partial charge >= 0.3 is 0 Å². The van der Waals surface area contributed by atoms with Crippen molar-refractivity contribution in [2.75, 3.05) is 19.6 Å². The summed E-state index contributed by atoms with van der Waals surface area (Å²) in [5.41, 5.74) is 0. The fourth-order valence-corrected chi connectivity index (χ4v) is 2.10. The minimum absolute atomic E-state index is 0. The lowest BCUT2D eigenvalue weighted by molar-refractivity contribution is 0.224. The molecular formula is C8H17Cl2N. The summed E-state index contributed by atoms with van der Waals surface area (Å²) in [6, 6.07) is 0. The van der Waals surface area contributed by atoms with E-state index in [2.05, 4.69) is 4.90 Å². The van der Waals surface area contributed by atoms with E-state index in [9.17, 15) is 0 Å². The monoisotopic (exact) mass is 197 g/mol. The third-order valence-corrected chi connectivity index (χ3v) is 2.79. The van der Waals surface area contributed by atoms with Crippen LogP contribution in [0.5, 0.6) is 0 Å². The maximum Gasteiger partial charge on any atom is -0.00161 e. The summed E-state index contributed by atoms with van der Waals surface area (Å²) in [6.45, 7) is 4.17. The number of rotatable bonds is 0. The smallest absolute Gasteiger partial charge is 0.00161 e. The molecule has 2 bridgehead atoms. The lowest BCUT2D eigenvalue weighted by atomic mass is 9.96. The molecule has 3 rings (SSSR count). The molecule has 0 aromatic rings. The van der Waals surface area contributed by atoms with E-state index in [-0.39, 0.29) is 24.8 Å². The van der Waals surface area contributed by atoms with E-state index < -0.39 is 0 Å². The first-order valence-electron chi connectivity index (χ1n) is 4.17. The van der Waals surface area contributed by atoms with Crippen molar-refractivity contribution in [2.24, 2.45) is 5.92 Å². The SMILES string of the molecule is C1CC2CCN(C1)CC2.Cl.Cl. The lowest BCUT2D eigenvalue weighted by Crippen LogP contribution is -2.30. The fraction of sp³-hybridized carbons (Fsp3) is 1.00. The van der Waals surface area contributed by atoms with Gasteiger partial charge in [0, 0.05) is 0 Å². The van der Waals surface area contributed by atoms with Crippen molar-refractivity contribution in [1.29, 1.82) is 0 Å². The molecule has 0 atom stereocenters. The van der Waals surface area contributed by atoms with Gasteiger partial charge in [0.2, 0.25) is 0 Å². The van der Waals surface area contributed by atoms with Gasteiger partial charge in [-0.3, -0.25) is 0 Å². The summed E-state index contributed by atoms with van der Waals surface area (Å²) < 4.78 is 0. The zero-order chi connectivity index (χ0) is 6.10. The summed E-state index contributed by atoms with van der Waals surface area (Å²) in [5.74, 6) is 1.10. The van der Waals surface area contributed by atoms with E-state index in [1.807, 2.05) is 0 Å². The summed E-state index contributed by atoms with van der Waals surface area (Å²) in [4.78, 5) is 2.61. The van der Waals surface area contributed by atoms with E-state index in [1.165, 1.54) is 45.3 Å². The second kappa shape index (κ2) is 5.23. The predicted molar refractivity (Wildman–Crippen MR) is 52.9 cm³/mol. The standard InChI is InChI=1S/C8H15N.2ClH/c1-2-8-3-6-9(5-1)7-4-8;;/h8H,1-7H2;2*1H. The van der Waals surface area contributed by atoms with Crippen LogP contribution in [0.25, 0.3) is 0 Å². The zero-order valence-electron chi connectivity index (χ0n) is 6.79. The second-order valence-corrected chi connectivity index (χ2v) is 3.43. The molecule has 0 radical (unpaired) electrons. The third kappa shape index (κ3) is 2.81. The molecule has 0 spiro atoms. The quantitative estimate of drug-likeness (QED) is 0.577. The highest BCUT2D eigenvalue weighted by Gasteiger charge is 2.22. The first-order valence-corrected chi connectivity index (χ1v) is 4.17. The second-order valence-electron chi connectivity index (χ2n) is 3.43. The number of hydrogen-bond donors (Lipinski definition) is 0. The molecule has 0 N–H and O–H groups in total. The zero-order valence-corrected chi connectivity index (χ0v) is 8.42. The van der Waals surface area contributed by atoms with Crippen LogP contribution in [0.3, 0.4) is 0 Å². The van der Waals surface area contributed by atoms with Crippen LogP contribution >= 0.6 is 24.8 Å². The van der Waals surface area contributed by atoms with E-state index in [0.29, 0.717) is 0 Å². The molecule has 1 nitrogen and oxygen atoms in total. The Labute approximate surface area is 81.3 Å². The third-order valence-electron chi connectivity index (χ3n) is 2.79. The van der Waals surface area contributed by atoms with Crippen LogP contribution < -0.4 is 0 Å². The summed E-state index contributed by atoms with van der Waals surface area (Å²) in [5, 5.41) is 0. The summed E-state index contributed by atoms with van der Waals surface area (Å²) in [6.07, 6.45) is 5.95. The summed E-state index contributed by atoms with van der Waals surface area (Å²) in [7, 11) is 0. The van der Waals surface area contributed by atoms with Crippen LogP contribution in [-0.2, 0) is 0 Å². The van der Waals surface area contributed by atoms with Crippen LogP contribution in [0.1, 0.15) is 25.7 Å². The van der Waals surface area contributed by atoms with Gasteiger partial charge in [0.25, 0.3) is 0 Å². The largest absolute Gasteiger partial charge is 0.303 e. The first-order chi connectivity index (χ1) is 4.45. The highest BCUT2D eigenvalue weighted by atomic mass is 35.5. The van der Waals surface area contributed by atoms with Crippen molar-refractivity contribution in [2.45, 2.75) is 25.7 Å². The Morgan fingerprint density at radius 1 is 0.818 bits per heavy atom. The Bertz CT molecular complexity index is 82.8. The van der Waals surface area contributed by atoms with Crippen LogP contribution in [-0.4, -0.2) is 24.5 Å². The number of hydrogen-bond acceptors (Lipinski definition) is 1. The molecule has 3 aliphatic heterocycles. The lowest BCUT2D eigenvalue weighted by Gasteiger charge is -2.25. The van der Waals surface area contributed by atoms with Gasteiger partial charge in [0.05, 0.1) is 0 Å². The molecule has 0 unspecified atom stereocenters. The highest BCUT2D eigenvalue weighted by molar-refractivity contribution is 5.85. The minimum Gasteiger partial charge on any atom is -0.303 e. The number of piperidine rings is 1. The number of fused-ring (bicyclic) bond motifs is 4. The molecule has 0 aromatic heterocycles. The van der Waals surface area contributed by atoms with Crippen LogP contribution in [0.4, 0.5) is 0 Å². The Hall–Kier alpha value is 0.540. The van der Waals surface area contributed by atoms with Crippen molar-refractivity contribution in [1.82, 2.24) is 4.90 Å². The van der Waals surface area contributed by atoms with Gasteiger partial charge in [-0.25, -0.2) is 0 Å². The normalized spacial score (nSPS) is 34.9. The van der Waals surface area contributed by atoms with Crippen molar-refractivity contribution in [3.8, 4) is 0 Å². The van der Waals surface area contributed by atoms with Crippen molar-refractivity contribution in [3.63, 3.8) is 0 Å². The van der Waals surface area contributed by atoms with Gasteiger partial charge in [0.15, 0.2) is 0 Å².